The van der Waals surface area contributed by atoms with E-state index in [0.29, 0.717) is 12.1 Å². The van der Waals surface area contributed by atoms with Crippen molar-refractivity contribution in [3.63, 3.8) is 0 Å². The zero-order valence-corrected chi connectivity index (χ0v) is 10.8. The molecule has 2 fully saturated rings. The molecule has 1 heterocycles. The Morgan fingerprint density at radius 3 is 2.59 bits per heavy atom. The van der Waals surface area contributed by atoms with E-state index in [1.54, 1.807) is 0 Å². The van der Waals surface area contributed by atoms with Crippen molar-refractivity contribution >= 4 is 0 Å². The molecule has 0 amide bonds. The fourth-order valence-corrected chi connectivity index (χ4v) is 2.49. The Morgan fingerprint density at radius 1 is 1.18 bits per heavy atom. The van der Waals surface area contributed by atoms with E-state index < -0.39 is 0 Å². The van der Waals surface area contributed by atoms with Crippen LogP contribution in [0.5, 0.6) is 0 Å². The van der Waals surface area contributed by atoms with Crippen LogP contribution in [0.3, 0.4) is 0 Å². The SMILES string of the molecule is C=C(NNC1CCCCC1)C1CCC(C)ON1. The summed E-state index contributed by atoms with van der Waals surface area (Å²) in [5.41, 5.74) is 10.7. The van der Waals surface area contributed by atoms with Crippen LogP contribution in [0.25, 0.3) is 0 Å². The molecule has 1 aliphatic carbocycles. The van der Waals surface area contributed by atoms with E-state index in [9.17, 15) is 0 Å². The van der Waals surface area contributed by atoms with Crippen LogP contribution in [-0.4, -0.2) is 18.2 Å². The third-order valence-electron chi connectivity index (χ3n) is 3.74. The summed E-state index contributed by atoms with van der Waals surface area (Å²) in [5, 5.41) is 0. The van der Waals surface area contributed by atoms with Crippen molar-refractivity contribution in [3.8, 4) is 0 Å². The molecule has 1 saturated heterocycles. The molecule has 0 radical (unpaired) electrons. The first-order chi connectivity index (χ1) is 8.25. The van der Waals surface area contributed by atoms with E-state index in [1.165, 1.54) is 32.1 Å². The number of hydroxylamine groups is 1. The zero-order valence-electron chi connectivity index (χ0n) is 10.8. The van der Waals surface area contributed by atoms with Crippen LogP contribution in [0.1, 0.15) is 51.9 Å². The molecule has 0 bridgehead atoms. The highest BCUT2D eigenvalue weighted by molar-refractivity contribution is 5.02. The Hall–Kier alpha value is -0.580. The summed E-state index contributed by atoms with van der Waals surface area (Å²) in [4.78, 5) is 5.42. The van der Waals surface area contributed by atoms with Crippen LogP contribution in [0.2, 0.25) is 0 Å². The highest BCUT2D eigenvalue weighted by Crippen LogP contribution is 2.18. The quantitative estimate of drug-likeness (QED) is 0.657. The Bertz CT molecular complexity index is 243. The van der Waals surface area contributed by atoms with Crippen molar-refractivity contribution in [2.24, 2.45) is 0 Å². The van der Waals surface area contributed by atoms with E-state index in [0.717, 1.165) is 18.5 Å². The van der Waals surface area contributed by atoms with E-state index in [-0.39, 0.29) is 6.04 Å². The molecule has 2 rings (SSSR count). The minimum Gasteiger partial charge on any atom is -0.324 e. The van der Waals surface area contributed by atoms with Gasteiger partial charge in [-0.15, -0.1) is 0 Å². The van der Waals surface area contributed by atoms with Gasteiger partial charge in [0.1, 0.15) is 0 Å². The second-order valence-corrected chi connectivity index (χ2v) is 5.31. The second kappa shape index (κ2) is 6.38. The highest BCUT2D eigenvalue weighted by Gasteiger charge is 2.21. The Kier molecular flexibility index (Phi) is 4.83. The fraction of sp³-hybridized carbons (Fsp3) is 0.846. The predicted octanol–water partition coefficient (Wildman–Crippen LogP) is 2.00. The summed E-state index contributed by atoms with van der Waals surface area (Å²) in [6, 6.07) is 0.825. The number of nitrogens with one attached hydrogen (secondary N) is 3. The van der Waals surface area contributed by atoms with Crippen molar-refractivity contribution in [3.05, 3.63) is 12.3 Å². The maximum atomic E-state index is 5.42. The largest absolute Gasteiger partial charge is 0.324 e. The minimum absolute atomic E-state index is 0.224. The molecular weight excluding hydrogens is 214 g/mol. The molecule has 3 N–H and O–H groups in total. The van der Waals surface area contributed by atoms with Gasteiger partial charge in [0, 0.05) is 11.7 Å². The number of hydrogen-bond donors (Lipinski definition) is 3. The lowest BCUT2D eigenvalue weighted by Crippen LogP contribution is -2.48. The van der Waals surface area contributed by atoms with Crippen LogP contribution in [-0.2, 0) is 4.84 Å². The van der Waals surface area contributed by atoms with Crippen molar-refractivity contribution in [2.45, 2.75) is 70.1 Å². The van der Waals surface area contributed by atoms with Gasteiger partial charge in [0.15, 0.2) is 0 Å². The lowest BCUT2D eigenvalue weighted by molar-refractivity contribution is -0.0646. The zero-order chi connectivity index (χ0) is 12.1. The normalized spacial score (nSPS) is 31.1. The average molecular weight is 239 g/mol. The molecule has 98 valence electrons. The molecule has 0 spiro atoms. The number of hydrazine groups is 1. The molecular formula is C13H25N3O. The summed E-state index contributed by atoms with van der Waals surface area (Å²) in [5.74, 6) is 0. The van der Waals surface area contributed by atoms with Crippen LogP contribution in [0.4, 0.5) is 0 Å². The summed E-state index contributed by atoms with van der Waals surface area (Å²) in [7, 11) is 0. The molecule has 1 saturated carbocycles. The molecule has 2 unspecified atom stereocenters. The topological polar surface area (TPSA) is 45.3 Å². The molecule has 0 aromatic carbocycles. The van der Waals surface area contributed by atoms with E-state index in [2.05, 4.69) is 29.8 Å². The first kappa shape index (κ1) is 12.9. The van der Waals surface area contributed by atoms with Gasteiger partial charge >= 0.3 is 0 Å². The van der Waals surface area contributed by atoms with Gasteiger partial charge in [-0.3, -0.25) is 4.84 Å². The third-order valence-corrected chi connectivity index (χ3v) is 3.74. The van der Waals surface area contributed by atoms with Crippen molar-refractivity contribution in [1.29, 1.82) is 0 Å². The lowest BCUT2D eigenvalue weighted by atomic mass is 9.96. The maximum absolute atomic E-state index is 5.42. The van der Waals surface area contributed by atoms with Crippen LogP contribution >= 0.6 is 0 Å². The number of rotatable bonds is 4. The molecule has 1 aliphatic heterocycles. The Labute approximate surface area is 104 Å². The maximum Gasteiger partial charge on any atom is 0.0763 e. The first-order valence-corrected chi connectivity index (χ1v) is 6.87. The van der Waals surface area contributed by atoms with Gasteiger partial charge in [0.05, 0.1) is 12.1 Å². The van der Waals surface area contributed by atoms with Crippen LogP contribution in [0, 0.1) is 0 Å². The number of hydrogen-bond acceptors (Lipinski definition) is 4. The summed E-state index contributed by atoms with van der Waals surface area (Å²) < 4.78 is 0. The van der Waals surface area contributed by atoms with Gasteiger partial charge in [0.25, 0.3) is 0 Å². The molecule has 17 heavy (non-hydrogen) atoms. The van der Waals surface area contributed by atoms with Crippen LogP contribution < -0.4 is 16.3 Å². The molecule has 0 aromatic rings. The second-order valence-electron chi connectivity index (χ2n) is 5.31. The van der Waals surface area contributed by atoms with Gasteiger partial charge in [-0.05, 0) is 32.6 Å². The van der Waals surface area contributed by atoms with Crippen LogP contribution in [0.15, 0.2) is 12.3 Å². The van der Waals surface area contributed by atoms with Gasteiger partial charge in [-0.1, -0.05) is 25.8 Å². The third kappa shape index (κ3) is 3.98. The smallest absolute Gasteiger partial charge is 0.0763 e. The highest BCUT2D eigenvalue weighted by atomic mass is 16.7. The lowest BCUT2D eigenvalue weighted by Gasteiger charge is -2.31. The molecule has 4 nitrogen and oxygen atoms in total. The molecule has 2 aliphatic rings. The molecule has 2 atom stereocenters. The van der Waals surface area contributed by atoms with Crippen molar-refractivity contribution in [2.75, 3.05) is 0 Å². The molecule has 0 aromatic heterocycles. The average Bonchev–Trinajstić information content (AvgIpc) is 2.38. The van der Waals surface area contributed by atoms with Crippen molar-refractivity contribution < 1.29 is 4.84 Å². The molecule has 4 heteroatoms. The summed E-state index contributed by atoms with van der Waals surface area (Å²) in [6.07, 6.45) is 9.08. The summed E-state index contributed by atoms with van der Waals surface area (Å²) >= 11 is 0. The van der Waals surface area contributed by atoms with E-state index in [4.69, 9.17) is 4.84 Å². The van der Waals surface area contributed by atoms with E-state index >= 15 is 0 Å². The monoisotopic (exact) mass is 239 g/mol. The minimum atomic E-state index is 0.224. The van der Waals surface area contributed by atoms with E-state index in [1.807, 2.05) is 0 Å². The van der Waals surface area contributed by atoms with Gasteiger partial charge in [0.2, 0.25) is 0 Å². The van der Waals surface area contributed by atoms with Gasteiger partial charge in [-0.25, -0.2) is 5.43 Å². The fourth-order valence-electron chi connectivity index (χ4n) is 2.49. The van der Waals surface area contributed by atoms with Gasteiger partial charge in [-0.2, -0.15) is 5.48 Å². The van der Waals surface area contributed by atoms with Gasteiger partial charge < -0.3 is 5.43 Å². The van der Waals surface area contributed by atoms with Crippen molar-refractivity contribution in [1.82, 2.24) is 16.3 Å². The predicted molar refractivity (Wildman–Crippen MR) is 69.0 cm³/mol. The standard InChI is InChI=1S/C13H25N3O/c1-10-8-9-13(16-17-10)11(2)14-15-12-6-4-3-5-7-12/h10,12-16H,2-9H2,1H3. The Balaban J connectivity index is 1.66. The Morgan fingerprint density at radius 2 is 1.94 bits per heavy atom. The first-order valence-electron chi connectivity index (χ1n) is 6.87. The summed E-state index contributed by atoms with van der Waals surface area (Å²) in [6.45, 7) is 6.15.